The van der Waals surface area contributed by atoms with Crippen molar-refractivity contribution in [2.24, 2.45) is 0 Å². The summed E-state index contributed by atoms with van der Waals surface area (Å²) in [7, 11) is -3.59. The quantitative estimate of drug-likeness (QED) is 0.896. The molecule has 0 aliphatic heterocycles. The summed E-state index contributed by atoms with van der Waals surface area (Å²) < 4.78 is 33.0. The van der Waals surface area contributed by atoms with Gasteiger partial charge in [0.2, 0.25) is 0 Å². The van der Waals surface area contributed by atoms with Gasteiger partial charge in [0.25, 0.3) is 10.0 Å². The molecule has 0 aromatic carbocycles. The molecule has 118 valence electrons. The van der Waals surface area contributed by atoms with E-state index in [1.807, 2.05) is 13.8 Å². The zero-order valence-corrected chi connectivity index (χ0v) is 13.6. The van der Waals surface area contributed by atoms with Crippen molar-refractivity contribution in [1.29, 1.82) is 0 Å². The van der Waals surface area contributed by atoms with Crippen molar-refractivity contribution >= 4 is 10.0 Å². The molecule has 7 heteroatoms. The molecule has 0 spiro atoms. The number of nitrogens with zero attached hydrogens (tertiary/aromatic N) is 2. The van der Waals surface area contributed by atoms with Crippen LogP contribution in [-0.2, 0) is 14.8 Å². The number of rotatable bonds is 5. The van der Waals surface area contributed by atoms with Gasteiger partial charge in [-0.2, -0.15) is 0 Å². The summed E-state index contributed by atoms with van der Waals surface area (Å²) in [6.45, 7) is 5.76. The van der Waals surface area contributed by atoms with Gasteiger partial charge in [0.15, 0.2) is 5.03 Å². The molecule has 0 unspecified atom stereocenters. The highest BCUT2D eigenvalue weighted by Crippen LogP contribution is 2.23. The van der Waals surface area contributed by atoms with Crippen molar-refractivity contribution in [3.05, 3.63) is 18.1 Å². The van der Waals surface area contributed by atoms with E-state index in [1.165, 1.54) is 12.4 Å². The standard InChI is InChI=1S/C14H23N3O3S/c1-10(2)20-13-6-4-12(5-7-13)17-21(18,19)14-9-15-8-11(3)16-14/h8-10,12-13,17H,4-7H2,1-3H3. The van der Waals surface area contributed by atoms with Crippen LogP contribution in [-0.4, -0.2) is 36.6 Å². The summed E-state index contributed by atoms with van der Waals surface area (Å²) in [6, 6.07) is -0.0516. The molecule has 1 aliphatic carbocycles. The van der Waals surface area contributed by atoms with Crippen LogP contribution in [0.5, 0.6) is 0 Å². The molecule has 0 radical (unpaired) electrons. The van der Waals surface area contributed by atoms with Gasteiger partial charge in [-0.05, 0) is 46.5 Å². The molecule has 0 bridgehead atoms. The predicted molar refractivity (Wildman–Crippen MR) is 79.4 cm³/mol. The minimum atomic E-state index is -3.59. The average Bonchev–Trinajstić information content (AvgIpc) is 2.40. The Kier molecular flexibility index (Phi) is 5.29. The number of aromatic nitrogens is 2. The van der Waals surface area contributed by atoms with Crippen LogP contribution in [0.25, 0.3) is 0 Å². The van der Waals surface area contributed by atoms with Crippen LogP contribution < -0.4 is 4.72 Å². The second-order valence-corrected chi connectivity index (χ2v) is 7.44. The van der Waals surface area contributed by atoms with E-state index in [0.717, 1.165) is 25.7 Å². The minimum absolute atomic E-state index is 0.0111. The van der Waals surface area contributed by atoms with Crippen molar-refractivity contribution < 1.29 is 13.2 Å². The lowest BCUT2D eigenvalue weighted by Crippen LogP contribution is -2.39. The normalized spacial score (nSPS) is 23.4. The summed E-state index contributed by atoms with van der Waals surface area (Å²) >= 11 is 0. The number of nitrogens with one attached hydrogen (secondary N) is 1. The third kappa shape index (κ3) is 4.72. The van der Waals surface area contributed by atoms with Gasteiger partial charge < -0.3 is 4.74 Å². The van der Waals surface area contributed by atoms with E-state index in [-0.39, 0.29) is 23.3 Å². The largest absolute Gasteiger partial charge is 0.376 e. The number of ether oxygens (including phenoxy) is 1. The fourth-order valence-corrected chi connectivity index (χ4v) is 3.81. The van der Waals surface area contributed by atoms with Gasteiger partial charge in [-0.25, -0.2) is 18.1 Å². The molecular weight excluding hydrogens is 290 g/mol. The topological polar surface area (TPSA) is 81.2 Å². The molecule has 21 heavy (non-hydrogen) atoms. The lowest BCUT2D eigenvalue weighted by atomic mass is 9.93. The molecule has 0 saturated heterocycles. The third-order valence-electron chi connectivity index (χ3n) is 3.47. The lowest BCUT2D eigenvalue weighted by Gasteiger charge is -2.30. The third-order valence-corrected chi connectivity index (χ3v) is 4.86. The van der Waals surface area contributed by atoms with Crippen LogP contribution in [0.1, 0.15) is 45.2 Å². The Morgan fingerprint density at radius 2 is 1.90 bits per heavy atom. The molecule has 1 aromatic heterocycles. The minimum Gasteiger partial charge on any atom is -0.376 e. The molecule has 1 fully saturated rings. The lowest BCUT2D eigenvalue weighted by molar-refractivity contribution is -0.0150. The Hall–Kier alpha value is -1.05. The number of hydrogen-bond donors (Lipinski definition) is 1. The van der Waals surface area contributed by atoms with Gasteiger partial charge in [0.1, 0.15) is 0 Å². The van der Waals surface area contributed by atoms with Crippen LogP contribution >= 0.6 is 0 Å². The molecule has 1 saturated carbocycles. The first-order valence-corrected chi connectivity index (χ1v) is 8.81. The molecule has 1 aromatic rings. The molecule has 1 heterocycles. The summed E-state index contributed by atoms with van der Waals surface area (Å²) in [6.07, 6.45) is 6.60. The molecule has 0 amide bonds. The summed E-state index contributed by atoms with van der Waals surface area (Å²) in [5, 5.41) is -0.0111. The first-order valence-electron chi connectivity index (χ1n) is 7.33. The average molecular weight is 313 g/mol. The molecule has 0 atom stereocenters. The summed E-state index contributed by atoms with van der Waals surface area (Å²) in [4.78, 5) is 7.91. The van der Waals surface area contributed by atoms with E-state index in [9.17, 15) is 8.42 Å². The zero-order chi connectivity index (χ0) is 15.5. The van der Waals surface area contributed by atoms with Gasteiger partial charge in [0, 0.05) is 12.2 Å². The highest BCUT2D eigenvalue weighted by molar-refractivity contribution is 7.89. The van der Waals surface area contributed by atoms with E-state index in [1.54, 1.807) is 6.92 Å². The Balaban J connectivity index is 1.93. The Morgan fingerprint density at radius 3 is 2.48 bits per heavy atom. The maximum Gasteiger partial charge on any atom is 0.259 e. The van der Waals surface area contributed by atoms with E-state index < -0.39 is 10.0 Å². The Bertz CT molecular complexity index is 567. The van der Waals surface area contributed by atoms with Gasteiger partial charge >= 0.3 is 0 Å². The summed E-state index contributed by atoms with van der Waals surface area (Å²) in [5.41, 5.74) is 0.590. The van der Waals surface area contributed by atoms with Gasteiger partial charge in [-0.3, -0.25) is 4.98 Å². The van der Waals surface area contributed by atoms with Gasteiger partial charge in [-0.15, -0.1) is 0 Å². The van der Waals surface area contributed by atoms with Crippen LogP contribution in [0.3, 0.4) is 0 Å². The van der Waals surface area contributed by atoms with Crippen LogP contribution in [0, 0.1) is 6.92 Å². The Morgan fingerprint density at radius 1 is 1.24 bits per heavy atom. The van der Waals surface area contributed by atoms with Crippen molar-refractivity contribution in [1.82, 2.24) is 14.7 Å². The van der Waals surface area contributed by atoms with E-state index in [4.69, 9.17) is 4.74 Å². The predicted octanol–water partition coefficient (Wildman–Crippen LogP) is 1.80. The first-order chi connectivity index (χ1) is 9.87. The van der Waals surface area contributed by atoms with Crippen LogP contribution in [0.15, 0.2) is 17.4 Å². The fraction of sp³-hybridized carbons (Fsp3) is 0.714. The smallest absolute Gasteiger partial charge is 0.259 e. The van der Waals surface area contributed by atoms with E-state index >= 15 is 0 Å². The van der Waals surface area contributed by atoms with Crippen molar-refractivity contribution in [3.63, 3.8) is 0 Å². The molecule has 2 rings (SSSR count). The van der Waals surface area contributed by atoms with Gasteiger partial charge in [-0.1, -0.05) is 0 Å². The molecular formula is C14H23N3O3S. The Labute approximate surface area is 126 Å². The zero-order valence-electron chi connectivity index (χ0n) is 12.7. The van der Waals surface area contributed by atoms with E-state index in [0.29, 0.717) is 5.69 Å². The number of hydrogen-bond acceptors (Lipinski definition) is 5. The van der Waals surface area contributed by atoms with E-state index in [2.05, 4.69) is 14.7 Å². The maximum absolute atomic E-state index is 12.3. The first kappa shape index (κ1) is 16.3. The molecule has 1 N–H and O–H groups in total. The SMILES string of the molecule is Cc1cncc(S(=O)(=O)NC2CCC(OC(C)C)CC2)n1. The monoisotopic (exact) mass is 313 g/mol. The van der Waals surface area contributed by atoms with Crippen molar-refractivity contribution in [2.75, 3.05) is 0 Å². The second-order valence-electron chi connectivity index (χ2n) is 5.78. The maximum atomic E-state index is 12.3. The number of aryl methyl sites for hydroxylation is 1. The van der Waals surface area contributed by atoms with Crippen LogP contribution in [0.2, 0.25) is 0 Å². The van der Waals surface area contributed by atoms with Crippen molar-refractivity contribution in [2.45, 2.75) is 69.7 Å². The number of sulfonamides is 1. The summed E-state index contributed by atoms with van der Waals surface area (Å²) in [5.74, 6) is 0. The second kappa shape index (κ2) is 6.81. The van der Waals surface area contributed by atoms with Gasteiger partial charge in [0.05, 0.1) is 24.1 Å². The molecule has 1 aliphatic rings. The highest BCUT2D eigenvalue weighted by Gasteiger charge is 2.27. The molecule has 6 nitrogen and oxygen atoms in total. The van der Waals surface area contributed by atoms with Crippen molar-refractivity contribution in [3.8, 4) is 0 Å². The van der Waals surface area contributed by atoms with Crippen LogP contribution in [0.4, 0.5) is 0 Å². The highest BCUT2D eigenvalue weighted by atomic mass is 32.2. The fourth-order valence-electron chi connectivity index (χ4n) is 2.55.